The molecule has 0 aromatic heterocycles. The first kappa shape index (κ1) is 16.0. The largest absolute Gasteiger partial charge is 0.378 e. The van der Waals surface area contributed by atoms with E-state index in [1.807, 2.05) is 56.3 Å². The molecule has 0 saturated heterocycles. The van der Waals surface area contributed by atoms with E-state index in [1.165, 1.54) is 16.1 Å². The lowest BCUT2D eigenvalue weighted by Crippen LogP contribution is -2.21. The number of benzene rings is 2. The SMILES string of the molecule is CCN1N=CC(=Cc2ccc(N(C)C)cc2)C1=O.c1cc2cc-2c1. The Kier molecular flexibility index (Phi) is 4.47. The molecule has 24 heavy (non-hydrogen) atoms. The third-order valence-corrected chi connectivity index (χ3v) is 3.96. The van der Waals surface area contributed by atoms with Gasteiger partial charge < -0.3 is 4.90 Å². The average Bonchev–Trinajstić information content (AvgIpc) is 3.02. The molecule has 4 nitrogen and oxygen atoms in total. The van der Waals surface area contributed by atoms with Gasteiger partial charge in [-0.05, 0) is 47.9 Å². The lowest BCUT2D eigenvalue weighted by Gasteiger charge is -2.12. The van der Waals surface area contributed by atoms with Crippen LogP contribution in [0.1, 0.15) is 12.5 Å². The van der Waals surface area contributed by atoms with Crippen LogP contribution in [0.5, 0.6) is 0 Å². The van der Waals surface area contributed by atoms with Crippen LogP contribution < -0.4 is 4.90 Å². The van der Waals surface area contributed by atoms with E-state index in [-0.39, 0.29) is 5.91 Å². The second-order valence-corrected chi connectivity index (χ2v) is 5.93. The molecule has 0 spiro atoms. The van der Waals surface area contributed by atoms with Crippen molar-refractivity contribution in [1.82, 2.24) is 5.01 Å². The van der Waals surface area contributed by atoms with Gasteiger partial charge in [0.25, 0.3) is 5.91 Å². The van der Waals surface area contributed by atoms with Gasteiger partial charge in [-0.1, -0.05) is 30.3 Å². The second kappa shape index (κ2) is 6.71. The van der Waals surface area contributed by atoms with Crippen molar-refractivity contribution >= 4 is 23.9 Å². The summed E-state index contributed by atoms with van der Waals surface area (Å²) in [5.41, 5.74) is 5.63. The summed E-state index contributed by atoms with van der Waals surface area (Å²) in [6, 6.07) is 16.5. The molecule has 1 heterocycles. The predicted molar refractivity (Wildman–Crippen MR) is 100 cm³/mol. The van der Waals surface area contributed by atoms with E-state index in [9.17, 15) is 4.79 Å². The maximum Gasteiger partial charge on any atom is 0.275 e. The fourth-order valence-corrected chi connectivity index (χ4v) is 2.44. The summed E-state index contributed by atoms with van der Waals surface area (Å²) in [7, 11) is 4.00. The van der Waals surface area contributed by atoms with Gasteiger partial charge in [0, 0.05) is 26.3 Å². The number of hydrazone groups is 1. The number of carbonyl (C=O) groups is 1. The third-order valence-electron chi connectivity index (χ3n) is 3.96. The minimum absolute atomic E-state index is 0.0332. The van der Waals surface area contributed by atoms with E-state index in [0.717, 1.165) is 11.3 Å². The minimum Gasteiger partial charge on any atom is -0.378 e. The van der Waals surface area contributed by atoms with Crippen LogP contribution in [-0.2, 0) is 4.79 Å². The topological polar surface area (TPSA) is 35.9 Å². The zero-order valence-electron chi connectivity index (χ0n) is 14.2. The third kappa shape index (κ3) is 3.54. The summed E-state index contributed by atoms with van der Waals surface area (Å²) < 4.78 is 0. The Morgan fingerprint density at radius 3 is 2.17 bits per heavy atom. The van der Waals surface area contributed by atoms with E-state index >= 15 is 0 Å². The van der Waals surface area contributed by atoms with Gasteiger partial charge in [0.2, 0.25) is 0 Å². The molecule has 1 aliphatic heterocycles. The van der Waals surface area contributed by atoms with Crippen molar-refractivity contribution in [2.45, 2.75) is 6.92 Å². The molecule has 0 radical (unpaired) electrons. The highest BCUT2D eigenvalue weighted by atomic mass is 16.2. The zero-order chi connectivity index (χ0) is 17.1. The Morgan fingerprint density at radius 1 is 1.08 bits per heavy atom. The van der Waals surface area contributed by atoms with Gasteiger partial charge in [-0.25, -0.2) is 5.01 Å². The lowest BCUT2D eigenvalue weighted by atomic mass is 10.1. The van der Waals surface area contributed by atoms with Crippen LogP contribution in [0.15, 0.2) is 59.2 Å². The van der Waals surface area contributed by atoms with Crippen molar-refractivity contribution < 1.29 is 4.79 Å². The Labute approximate surface area is 142 Å². The van der Waals surface area contributed by atoms with Crippen molar-refractivity contribution in [2.24, 2.45) is 5.10 Å². The zero-order valence-corrected chi connectivity index (χ0v) is 14.2. The van der Waals surface area contributed by atoms with E-state index in [2.05, 4.69) is 29.4 Å². The summed E-state index contributed by atoms with van der Waals surface area (Å²) in [4.78, 5) is 13.9. The molecule has 0 atom stereocenters. The van der Waals surface area contributed by atoms with Crippen LogP contribution in [0.3, 0.4) is 0 Å². The molecular weight excluding hydrogens is 298 g/mol. The van der Waals surface area contributed by atoms with Gasteiger partial charge in [-0.3, -0.25) is 4.79 Å². The molecular formula is C20H21N3O. The van der Waals surface area contributed by atoms with Gasteiger partial charge in [0.1, 0.15) is 0 Å². The molecule has 1 aromatic carbocycles. The molecule has 122 valence electrons. The molecule has 3 aliphatic rings. The molecule has 0 bridgehead atoms. The number of carbonyl (C=O) groups excluding carboxylic acids is 1. The van der Waals surface area contributed by atoms with Crippen LogP contribution in [0.25, 0.3) is 17.2 Å². The van der Waals surface area contributed by atoms with Crippen LogP contribution in [0.4, 0.5) is 5.69 Å². The highest BCUT2D eigenvalue weighted by Crippen LogP contribution is 2.32. The van der Waals surface area contributed by atoms with Crippen LogP contribution in [0.2, 0.25) is 0 Å². The Hall–Kier alpha value is -2.88. The number of hydrogen-bond donors (Lipinski definition) is 0. The number of hydrogen-bond acceptors (Lipinski definition) is 3. The average molecular weight is 319 g/mol. The van der Waals surface area contributed by atoms with Crippen LogP contribution in [0, 0.1) is 0 Å². The predicted octanol–water partition coefficient (Wildman–Crippen LogP) is 3.65. The number of amides is 1. The van der Waals surface area contributed by atoms with Crippen molar-refractivity contribution in [3.63, 3.8) is 0 Å². The first-order valence-electron chi connectivity index (χ1n) is 8.04. The van der Waals surface area contributed by atoms with Gasteiger partial charge >= 0.3 is 0 Å². The van der Waals surface area contributed by atoms with Crippen molar-refractivity contribution in [3.8, 4) is 11.1 Å². The molecule has 0 N–H and O–H groups in total. The molecule has 0 unspecified atom stereocenters. The van der Waals surface area contributed by atoms with Crippen LogP contribution >= 0.6 is 0 Å². The van der Waals surface area contributed by atoms with E-state index in [4.69, 9.17) is 0 Å². The summed E-state index contributed by atoms with van der Waals surface area (Å²) >= 11 is 0. The molecule has 0 saturated carbocycles. The van der Waals surface area contributed by atoms with Gasteiger partial charge in [-0.15, -0.1) is 0 Å². The fraction of sp³-hybridized carbons (Fsp3) is 0.200. The van der Waals surface area contributed by atoms with Crippen molar-refractivity contribution in [3.05, 3.63) is 59.7 Å². The lowest BCUT2D eigenvalue weighted by molar-refractivity contribution is -0.125. The Morgan fingerprint density at radius 2 is 1.75 bits per heavy atom. The molecule has 1 aromatic rings. The second-order valence-electron chi connectivity index (χ2n) is 5.93. The van der Waals surface area contributed by atoms with E-state index in [0.29, 0.717) is 12.1 Å². The minimum atomic E-state index is -0.0332. The van der Waals surface area contributed by atoms with Gasteiger partial charge in [-0.2, -0.15) is 5.10 Å². The normalized spacial score (nSPS) is 15.4. The number of anilines is 1. The number of likely N-dealkylation sites (N-methyl/N-ethyl adjacent to an activating group) is 1. The van der Waals surface area contributed by atoms with E-state index < -0.39 is 0 Å². The Balaban J connectivity index is 0.000000231. The first-order chi connectivity index (χ1) is 11.6. The number of rotatable bonds is 3. The monoisotopic (exact) mass is 319 g/mol. The first-order valence-corrected chi connectivity index (χ1v) is 8.04. The smallest absolute Gasteiger partial charge is 0.275 e. The Bertz CT molecular complexity index is 787. The molecule has 1 amide bonds. The fourth-order valence-electron chi connectivity index (χ4n) is 2.44. The summed E-state index contributed by atoms with van der Waals surface area (Å²) in [6.07, 6.45) is 3.48. The maximum atomic E-state index is 11.8. The highest BCUT2D eigenvalue weighted by Gasteiger charge is 2.20. The van der Waals surface area contributed by atoms with Gasteiger partial charge in [0.15, 0.2) is 0 Å². The maximum absolute atomic E-state index is 11.8. The highest BCUT2D eigenvalue weighted by molar-refractivity contribution is 6.18. The summed E-state index contributed by atoms with van der Waals surface area (Å²) in [6.45, 7) is 2.51. The molecule has 2 aliphatic carbocycles. The molecule has 4 heteroatoms. The quantitative estimate of drug-likeness (QED) is 0.691. The molecule has 0 fully saturated rings. The number of fused-ring (bicyclic) bond motifs is 1. The molecule has 4 rings (SSSR count). The standard InChI is InChI=1S/C14H17N3O.C6H4/c1-4-17-14(18)12(10-15-17)9-11-5-7-13(8-6-11)16(2)3;1-2-5-4-6(5)3-1/h5-10H,4H2,1-3H3;1-4H. The summed E-state index contributed by atoms with van der Waals surface area (Å²) in [5.74, 6) is -0.0332. The van der Waals surface area contributed by atoms with Crippen molar-refractivity contribution in [2.75, 3.05) is 25.5 Å². The number of nitrogens with zero attached hydrogens (tertiary/aromatic N) is 3. The van der Waals surface area contributed by atoms with Crippen molar-refractivity contribution in [1.29, 1.82) is 0 Å². The van der Waals surface area contributed by atoms with E-state index in [1.54, 1.807) is 6.21 Å². The van der Waals surface area contributed by atoms with Crippen LogP contribution in [-0.4, -0.2) is 37.8 Å². The summed E-state index contributed by atoms with van der Waals surface area (Å²) in [5, 5.41) is 5.50. The van der Waals surface area contributed by atoms with Gasteiger partial charge in [0.05, 0.1) is 11.8 Å².